The van der Waals surface area contributed by atoms with Gasteiger partial charge in [-0.3, -0.25) is 4.79 Å². The SMILES string of the molecule is C=C(C)C(=O)OCCOCCOCCN(C)C(=O)C(=C)C. The van der Waals surface area contributed by atoms with Gasteiger partial charge < -0.3 is 19.1 Å². The Kier molecular flexibility index (Phi) is 10.2. The van der Waals surface area contributed by atoms with Crippen molar-refractivity contribution in [2.45, 2.75) is 13.8 Å². The number of nitrogens with zero attached hydrogens (tertiary/aromatic N) is 1. The average Bonchev–Trinajstić information content (AvgIpc) is 2.43. The molecule has 120 valence electrons. The van der Waals surface area contributed by atoms with Crippen LogP contribution in [0, 0.1) is 0 Å². The van der Waals surface area contributed by atoms with Gasteiger partial charge in [-0.25, -0.2) is 4.79 Å². The first kappa shape index (κ1) is 19.3. The Bertz CT molecular complexity index is 378. The molecule has 0 saturated carbocycles. The van der Waals surface area contributed by atoms with E-state index in [0.29, 0.717) is 44.1 Å². The molecular weight excluding hydrogens is 274 g/mol. The van der Waals surface area contributed by atoms with E-state index in [0.717, 1.165) is 0 Å². The lowest BCUT2D eigenvalue weighted by atomic mass is 10.3. The number of esters is 1. The molecule has 0 saturated heterocycles. The molecule has 0 aliphatic rings. The molecule has 6 heteroatoms. The summed E-state index contributed by atoms with van der Waals surface area (Å²) in [6.45, 7) is 12.6. The highest BCUT2D eigenvalue weighted by Gasteiger charge is 2.08. The van der Waals surface area contributed by atoms with E-state index in [4.69, 9.17) is 14.2 Å². The molecule has 0 aliphatic heterocycles. The molecule has 0 aliphatic carbocycles. The number of hydrogen-bond acceptors (Lipinski definition) is 5. The van der Waals surface area contributed by atoms with Crippen molar-refractivity contribution in [3.8, 4) is 0 Å². The molecule has 0 N–H and O–H groups in total. The van der Waals surface area contributed by atoms with Crippen molar-refractivity contribution in [2.24, 2.45) is 0 Å². The van der Waals surface area contributed by atoms with E-state index in [-0.39, 0.29) is 12.5 Å². The van der Waals surface area contributed by atoms with E-state index in [1.807, 2.05) is 0 Å². The van der Waals surface area contributed by atoms with Crippen LogP contribution < -0.4 is 0 Å². The molecule has 0 spiro atoms. The van der Waals surface area contributed by atoms with E-state index in [2.05, 4.69) is 13.2 Å². The average molecular weight is 299 g/mol. The second kappa shape index (κ2) is 11.0. The lowest BCUT2D eigenvalue weighted by Crippen LogP contribution is -2.30. The van der Waals surface area contributed by atoms with Crippen LogP contribution >= 0.6 is 0 Å². The molecule has 0 aromatic rings. The molecule has 0 rings (SSSR count). The minimum atomic E-state index is -0.417. The van der Waals surface area contributed by atoms with Gasteiger partial charge in [-0.15, -0.1) is 0 Å². The van der Waals surface area contributed by atoms with Crippen LogP contribution in [0.5, 0.6) is 0 Å². The van der Waals surface area contributed by atoms with Crippen molar-refractivity contribution in [3.63, 3.8) is 0 Å². The van der Waals surface area contributed by atoms with Gasteiger partial charge in [0.05, 0.1) is 26.4 Å². The highest BCUT2D eigenvalue weighted by atomic mass is 16.6. The van der Waals surface area contributed by atoms with Gasteiger partial charge in [0.1, 0.15) is 6.61 Å². The Balaban J connectivity index is 3.41. The third kappa shape index (κ3) is 9.81. The van der Waals surface area contributed by atoms with E-state index >= 15 is 0 Å². The molecule has 1 amide bonds. The van der Waals surface area contributed by atoms with Crippen LogP contribution in [0.1, 0.15) is 13.8 Å². The predicted molar refractivity (Wildman–Crippen MR) is 79.9 cm³/mol. The minimum absolute atomic E-state index is 0.0887. The minimum Gasteiger partial charge on any atom is -0.460 e. The van der Waals surface area contributed by atoms with Crippen LogP contribution in [0.4, 0.5) is 0 Å². The summed E-state index contributed by atoms with van der Waals surface area (Å²) in [6.07, 6.45) is 0. The standard InChI is InChI=1S/C15H25NO5/c1-12(2)14(17)16(5)6-7-19-8-9-20-10-11-21-15(18)13(3)4/h1,3,6-11H2,2,4-5H3. The fraction of sp³-hybridized carbons (Fsp3) is 0.600. The van der Waals surface area contributed by atoms with E-state index in [1.165, 1.54) is 0 Å². The summed E-state index contributed by atoms with van der Waals surface area (Å²) in [5.41, 5.74) is 0.872. The molecule has 0 aromatic heterocycles. The molecule has 0 heterocycles. The number of carbonyl (C=O) groups excluding carboxylic acids is 2. The van der Waals surface area contributed by atoms with Crippen molar-refractivity contribution in [3.05, 3.63) is 24.3 Å². The Morgan fingerprint density at radius 1 is 0.905 bits per heavy atom. The van der Waals surface area contributed by atoms with Crippen molar-refractivity contribution in [1.82, 2.24) is 4.90 Å². The Hall–Kier alpha value is -1.66. The molecular formula is C15H25NO5. The quantitative estimate of drug-likeness (QED) is 0.325. The second-order valence-electron chi connectivity index (χ2n) is 4.65. The van der Waals surface area contributed by atoms with Gasteiger partial charge >= 0.3 is 5.97 Å². The Morgan fingerprint density at radius 3 is 1.95 bits per heavy atom. The maximum atomic E-state index is 11.5. The summed E-state index contributed by atoms with van der Waals surface area (Å²) in [6, 6.07) is 0. The number of rotatable bonds is 11. The smallest absolute Gasteiger partial charge is 0.333 e. The van der Waals surface area contributed by atoms with Crippen molar-refractivity contribution < 1.29 is 23.8 Å². The highest BCUT2D eigenvalue weighted by Crippen LogP contribution is 1.95. The monoisotopic (exact) mass is 299 g/mol. The van der Waals surface area contributed by atoms with E-state index < -0.39 is 5.97 Å². The van der Waals surface area contributed by atoms with Crippen molar-refractivity contribution in [2.75, 3.05) is 46.6 Å². The van der Waals surface area contributed by atoms with Crippen LogP contribution in [0.25, 0.3) is 0 Å². The summed E-state index contributed by atoms with van der Waals surface area (Å²) in [4.78, 5) is 24.1. The van der Waals surface area contributed by atoms with Gasteiger partial charge in [0.15, 0.2) is 0 Å². The fourth-order valence-electron chi connectivity index (χ4n) is 1.27. The van der Waals surface area contributed by atoms with Crippen LogP contribution in [0.3, 0.4) is 0 Å². The first-order valence-corrected chi connectivity index (χ1v) is 6.75. The molecule has 0 atom stereocenters. The molecule has 0 fully saturated rings. The zero-order chi connectivity index (χ0) is 16.3. The molecule has 0 aromatic carbocycles. The highest BCUT2D eigenvalue weighted by molar-refractivity contribution is 5.91. The molecule has 6 nitrogen and oxygen atoms in total. The summed E-state index contributed by atoms with van der Waals surface area (Å²) in [5.74, 6) is -0.505. The van der Waals surface area contributed by atoms with Gasteiger partial charge in [0.2, 0.25) is 5.91 Å². The molecule has 0 unspecified atom stereocenters. The Labute approximate surface area is 126 Å². The maximum absolute atomic E-state index is 11.5. The van der Waals surface area contributed by atoms with E-state index in [9.17, 15) is 9.59 Å². The third-order valence-corrected chi connectivity index (χ3v) is 2.46. The van der Waals surface area contributed by atoms with Gasteiger partial charge in [0.25, 0.3) is 0 Å². The number of hydrogen-bond donors (Lipinski definition) is 0. The first-order valence-electron chi connectivity index (χ1n) is 6.75. The number of ether oxygens (including phenoxy) is 3. The van der Waals surface area contributed by atoms with Gasteiger partial charge in [-0.05, 0) is 13.8 Å². The zero-order valence-electron chi connectivity index (χ0n) is 13.1. The first-order chi connectivity index (χ1) is 9.86. The number of carbonyl (C=O) groups is 2. The van der Waals surface area contributed by atoms with E-state index in [1.54, 1.807) is 25.8 Å². The topological polar surface area (TPSA) is 65.1 Å². The normalized spacial score (nSPS) is 10.0. The summed E-state index contributed by atoms with van der Waals surface area (Å²) in [7, 11) is 1.70. The lowest BCUT2D eigenvalue weighted by molar-refractivity contribution is -0.140. The number of likely N-dealkylation sites (N-methyl/N-ethyl adjacent to an activating group) is 1. The summed E-state index contributed by atoms with van der Waals surface area (Å²) >= 11 is 0. The largest absolute Gasteiger partial charge is 0.460 e. The summed E-state index contributed by atoms with van der Waals surface area (Å²) in [5, 5.41) is 0. The van der Waals surface area contributed by atoms with Crippen LogP contribution in [0.15, 0.2) is 24.3 Å². The third-order valence-electron chi connectivity index (χ3n) is 2.46. The van der Waals surface area contributed by atoms with Crippen LogP contribution in [-0.2, 0) is 23.8 Å². The molecule has 21 heavy (non-hydrogen) atoms. The summed E-state index contributed by atoms with van der Waals surface area (Å²) < 4.78 is 15.4. The zero-order valence-corrected chi connectivity index (χ0v) is 13.1. The second-order valence-corrected chi connectivity index (χ2v) is 4.65. The molecule has 0 bridgehead atoms. The maximum Gasteiger partial charge on any atom is 0.333 e. The van der Waals surface area contributed by atoms with Gasteiger partial charge in [-0.1, -0.05) is 13.2 Å². The fourth-order valence-corrected chi connectivity index (χ4v) is 1.27. The van der Waals surface area contributed by atoms with Gasteiger partial charge in [0, 0.05) is 24.7 Å². The van der Waals surface area contributed by atoms with Crippen LogP contribution in [0.2, 0.25) is 0 Å². The lowest BCUT2D eigenvalue weighted by Gasteiger charge is -2.16. The van der Waals surface area contributed by atoms with Gasteiger partial charge in [-0.2, -0.15) is 0 Å². The van der Waals surface area contributed by atoms with Crippen molar-refractivity contribution in [1.29, 1.82) is 0 Å². The van der Waals surface area contributed by atoms with Crippen molar-refractivity contribution >= 4 is 11.9 Å². The molecule has 0 radical (unpaired) electrons. The predicted octanol–water partition coefficient (Wildman–Crippen LogP) is 1.17. The Morgan fingerprint density at radius 2 is 1.43 bits per heavy atom. The van der Waals surface area contributed by atoms with Crippen LogP contribution in [-0.4, -0.2) is 63.4 Å². The number of amides is 1.